The number of nitrogens with zero attached hydrogens (tertiary/aromatic N) is 3. The number of hydrogen-bond acceptors (Lipinski definition) is 6. The van der Waals surface area contributed by atoms with Crippen LogP contribution in [0.5, 0.6) is 0 Å². The van der Waals surface area contributed by atoms with E-state index in [1.165, 1.54) is 24.5 Å². The number of fused-ring (bicyclic) bond motifs is 2. The van der Waals surface area contributed by atoms with E-state index in [4.69, 9.17) is 11.6 Å². The molecule has 176 valence electrons. The van der Waals surface area contributed by atoms with Crippen molar-refractivity contribution in [3.05, 3.63) is 34.3 Å². The highest BCUT2D eigenvalue weighted by Crippen LogP contribution is 2.48. The molecule has 1 N–H and O–H groups in total. The second kappa shape index (κ2) is 8.25. The quantitative estimate of drug-likeness (QED) is 0.674. The summed E-state index contributed by atoms with van der Waals surface area (Å²) in [5, 5.41) is 2.83. The van der Waals surface area contributed by atoms with Crippen molar-refractivity contribution in [2.75, 3.05) is 29.9 Å². The number of urea groups is 1. The van der Waals surface area contributed by atoms with Crippen molar-refractivity contribution in [3.8, 4) is 0 Å². The van der Waals surface area contributed by atoms with E-state index in [0.717, 1.165) is 18.4 Å². The van der Waals surface area contributed by atoms with Crippen LogP contribution in [-0.2, 0) is 20.0 Å². The number of aromatic nitrogens is 1. The fraction of sp³-hybridized carbons (Fsp3) is 0.500. The molecule has 1 aromatic heterocycles. The molecule has 5 rings (SSSR count). The molecule has 3 heterocycles. The number of carbonyl (C=O) groups is 2. The molecule has 1 saturated carbocycles. The van der Waals surface area contributed by atoms with Gasteiger partial charge in [-0.25, -0.2) is 18.2 Å². The number of carbonyl (C=O) groups excluding carboxylic acids is 2. The van der Waals surface area contributed by atoms with Gasteiger partial charge in [0.2, 0.25) is 5.91 Å². The Kier molecular flexibility index (Phi) is 5.65. The molecule has 0 radical (unpaired) electrons. The highest BCUT2D eigenvalue weighted by Gasteiger charge is 2.50. The summed E-state index contributed by atoms with van der Waals surface area (Å²) in [6, 6.07) is 4.74. The lowest BCUT2D eigenvalue weighted by molar-refractivity contribution is -0.127. The molecule has 33 heavy (non-hydrogen) atoms. The van der Waals surface area contributed by atoms with Crippen LogP contribution >= 0.6 is 22.9 Å². The van der Waals surface area contributed by atoms with Crippen LogP contribution in [0.1, 0.15) is 44.6 Å². The van der Waals surface area contributed by atoms with E-state index in [2.05, 4.69) is 10.3 Å². The molecular weight excluding hydrogens is 484 g/mol. The van der Waals surface area contributed by atoms with Gasteiger partial charge in [0.05, 0.1) is 16.3 Å². The zero-order valence-electron chi connectivity index (χ0n) is 18.2. The predicted octanol–water partition coefficient (Wildman–Crippen LogP) is 4.05. The minimum atomic E-state index is -3.44. The Morgan fingerprint density at radius 3 is 2.64 bits per heavy atom. The van der Waals surface area contributed by atoms with Crippen LogP contribution in [0.4, 0.5) is 15.6 Å². The monoisotopic (exact) mass is 508 g/mol. The first kappa shape index (κ1) is 22.6. The van der Waals surface area contributed by atoms with Gasteiger partial charge in [-0.15, -0.1) is 0 Å². The van der Waals surface area contributed by atoms with Gasteiger partial charge < -0.3 is 4.90 Å². The molecule has 1 atom stereocenters. The number of sulfone groups is 1. The molecule has 1 saturated heterocycles. The minimum Gasteiger partial charge on any atom is -0.342 e. The van der Waals surface area contributed by atoms with E-state index in [1.54, 1.807) is 28.0 Å². The summed E-state index contributed by atoms with van der Waals surface area (Å²) < 4.78 is 27.1. The zero-order chi connectivity index (χ0) is 23.4. The topological polar surface area (TPSA) is 99.7 Å². The smallest absolute Gasteiger partial charge is 0.328 e. The van der Waals surface area contributed by atoms with Gasteiger partial charge in [-0.2, -0.15) is 0 Å². The van der Waals surface area contributed by atoms with Gasteiger partial charge in [0, 0.05) is 37.7 Å². The van der Waals surface area contributed by atoms with Gasteiger partial charge in [0.1, 0.15) is 4.34 Å². The molecule has 1 spiro atoms. The third-order valence-electron chi connectivity index (χ3n) is 7.10. The maximum Gasteiger partial charge on any atom is 0.328 e. The second-order valence-electron chi connectivity index (χ2n) is 9.09. The van der Waals surface area contributed by atoms with Crippen molar-refractivity contribution in [2.24, 2.45) is 0 Å². The molecule has 2 aliphatic heterocycles. The summed E-state index contributed by atoms with van der Waals surface area (Å²) in [7, 11) is -3.44. The first-order valence-corrected chi connectivity index (χ1v) is 13.8. The fourth-order valence-corrected chi connectivity index (χ4v) is 8.04. The van der Waals surface area contributed by atoms with Crippen LogP contribution < -0.4 is 10.2 Å². The Morgan fingerprint density at radius 1 is 1.24 bits per heavy atom. The van der Waals surface area contributed by atoms with Crippen LogP contribution in [0.2, 0.25) is 4.34 Å². The van der Waals surface area contributed by atoms with E-state index in [9.17, 15) is 18.0 Å². The number of halogens is 1. The fourth-order valence-electron chi connectivity index (χ4n) is 5.36. The highest BCUT2D eigenvalue weighted by atomic mass is 35.5. The standard InChI is InChI=1S/C22H25ClN4O4S2/c1-14(28)26-9-8-22(12-26)13-27(21(29)25-20-24-11-19(23)32-20)18-7-6-16(10-17(18)22)33(30,31)15-4-2-3-5-15/h6-7,10-11,15H,2-5,8-9,12-13H2,1H3,(H,24,25,29). The van der Waals surface area contributed by atoms with Gasteiger partial charge in [0.15, 0.2) is 15.0 Å². The molecule has 0 bridgehead atoms. The van der Waals surface area contributed by atoms with Crippen molar-refractivity contribution in [2.45, 2.75) is 54.6 Å². The first-order chi connectivity index (χ1) is 15.7. The number of amides is 3. The molecule has 2 aromatic rings. The highest BCUT2D eigenvalue weighted by molar-refractivity contribution is 7.92. The number of likely N-dealkylation sites (tertiary alicyclic amines) is 1. The maximum absolute atomic E-state index is 13.3. The van der Waals surface area contributed by atoms with E-state index in [-0.39, 0.29) is 17.2 Å². The molecule has 1 aliphatic carbocycles. The number of benzene rings is 1. The summed E-state index contributed by atoms with van der Waals surface area (Å²) in [4.78, 5) is 33.0. The van der Waals surface area contributed by atoms with Gasteiger partial charge in [0.25, 0.3) is 0 Å². The largest absolute Gasteiger partial charge is 0.342 e. The number of rotatable bonds is 3. The molecule has 8 nitrogen and oxygen atoms in total. The molecule has 3 amide bonds. The van der Waals surface area contributed by atoms with Crippen LogP contribution in [0.25, 0.3) is 0 Å². The Morgan fingerprint density at radius 2 is 2.00 bits per heavy atom. The molecule has 1 aromatic carbocycles. The first-order valence-electron chi connectivity index (χ1n) is 11.0. The summed E-state index contributed by atoms with van der Waals surface area (Å²) in [5.41, 5.74) is 0.989. The van der Waals surface area contributed by atoms with E-state index in [0.29, 0.717) is 58.9 Å². The maximum atomic E-state index is 13.3. The van der Waals surface area contributed by atoms with Crippen molar-refractivity contribution in [1.82, 2.24) is 9.88 Å². The van der Waals surface area contributed by atoms with Gasteiger partial charge >= 0.3 is 6.03 Å². The Labute approximate surface area is 201 Å². The lowest BCUT2D eigenvalue weighted by atomic mass is 9.81. The number of anilines is 2. The van der Waals surface area contributed by atoms with Crippen molar-refractivity contribution < 1.29 is 18.0 Å². The van der Waals surface area contributed by atoms with Gasteiger partial charge in [-0.05, 0) is 43.0 Å². The van der Waals surface area contributed by atoms with E-state index >= 15 is 0 Å². The molecular formula is C22H25ClN4O4S2. The average molecular weight is 509 g/mol. The molecule has 11 heteroatoms. The SMILES string of the molecule is CC(=O)N1CCC2(C1)CN(C(=O)Nc1ncc(Cl)s1)c1ccc(S(=O)(=O)C3CCCC3)cc12. The summed E-state index contributed by atoms with van der Waals surface area (Å²) in [5.74, 6) is -0.0246. The Balaban J connectivity index is 1.53. The van der Waals surface area contributed by atoms with Crippen LogP contribution in [-0.4, -0.2) is 55.1 Å². The normalized spacial score (nSPS) is 22.8. The molecule has 1 unspecified atom stereocenters. The second-order valence-corrected chi connectivity index (χ2v) is 13.0. The predicted molar refractivity (Wildman–Crippen MR) is 128 cm³/mol. The van der Waals surface area contributed by atoms with Crippen molar-refractivity contribution >= 4 is 55.5 Å². The van der Waals surface area contributed by atoms with Crippen LogP contribution in [0, 0.1) is 0 Å². The van der Waals surface area contributed by atoms with Crippen LogP contribution in [0.3, 0.4) is 0 Å². The lowest BCUT2D eigenvalue weighted by Gasteiger charge is -2.25. The van der Waals surface area contributed by atoms with Crippen molar-refractivity contribution in [3.63, 3.8) is 0 Å². The van der Waals surface area contributed by atoms with E-state index < -0.39 is 15.3 Å². The van der Waals surface area contributed by atoms with Gasteiger partial charge in [-0.3, -0.25) is 15.0 Å². The van der Waals surface area contributed by atoms with Gasteiger partial charge in [-0.1, -0.05) is 35.8 Å². The molecule has 3 aliphatic rings. The third-order valence-corrected chi connectivity index (χ3v) is 10.4. The lowest BCUT2D eigenvalue weighted by Crippen LogP contribution is -2.41. The molecule has 2 fully saturated rings. The minimum absolute atomic E-state index is 0.0246. The average Bonchev–Trinajstić information content (AvgIpc) is 3.56. The van der Waals surface area contributed by atoms with E-state index in [1.807, 2.05) is 0 Å². The number of thiazole rings is 1. The third kappa shape index (κ3) is 3.91. The number of nitrogens with one attached hydrogen (secondary N) is 1. The van der Waals surface area contributed by atoms with Crippen molar-refractivity contribution in [1.29, 1.82) is 0 Å². The Hall–Kier alpha value is -2.17. The summed E-state index contributed by atoms with van der Waals surface area (Å²) in [6.45, 7) is 2.93. The Bertz CT molecular complexity index is 1220. The number of hydrogen-bond donors (Lipinski definition) is 1. The summed E-state index contributed by atoms with van der Waals surface area (Å²) in [6.07, 6.45) is 5.38. The van der Waals surface area contributed by atoms with Crippen LogP contribution in [0.15, 0.2) is 29.3 Å². The zero-order valence-corrected chi connectivity index (χ0v) is 20.6. The summed E-state index contributed by atoms with van der Waals surface area (Å²) >= 11 is 7.11.